The molecule has 3 N–H and O–H groups in total. The molecule has 0 aliphatic carbocycles. The van der Waals surface area contributed by atoms with Gasteiger partial charge >= 0.3 is 12.2 Å². The summed E-state index contributed by atoms with van der Waals surface area (Å²) < 4.78 is 37.9. The zero-order valence-electron chi connectivity index (χ0n) is 15.8. The fourth-order valence-electron chi connectivity index (χ4n) is 2.94. The molecule has 4 aromatic rings. The van der Waals surface area contributed by atoms with Crippen molar-refractivity contribution in [2.45, 2.75) is 6.18 Å². The van der Waals surface area contributed by atoms with Crippen LogP contribution < -0.4 is 10.6 Å². The summed E-state index contributed by atoms with van der Waals surface area (Å²) >= 11 is 0. The number of rotatable bonds is 4. The molecule has 2 heterocycles. The third-order valence-corrected chi connectivity index (χ3v) is 4.38. The van der Waals surface area contributed by atoms with Crippen LogP contribution in [0.1, 0.15) is 5.56 Å². The van der Waals surface area contributed by atoms with Crippen LogP contribution in [0.4, 0.5) is 29.3 Å². The van der Waals surface area contributed by atoms with Gasteiger partial charge in [0.05, 0.1) is 23.1 Å². The minimum absolute atomic E-state index is 0.237. The number of urea groups is 1. The zero-order chi connectivity index (χ0) is 21.8. The van der Waals surface area contributed by atoms with E-state index in [4.69, 9.17) is 0 Å². The normalized spacial score (nSPS) is 11.2. The average molecular weight is 424 g/mol. The van der Waals surface area contributed by atoms with Gasteiger partial charge in [-0.05, 0) is 42.5 Å². The van der Waals surface area contributed by atoms with Crippen LogP contribution in [-0.2, 0) is 6.18 Å². The maximum atomic E-state index is 12.6. The number of carbonyl (C=O) groups excluding carboxylic acids is 1. The number of H-pyrrole nitrogens is 1. The highest BCUT2D eigenvalue weighted by Gasteiger charge is 2.30. The van der Waals surface area contributed by atoms with E-state index in [0.29, 0.717) is 17.1 Å². The van der Waals surface area contributed by atoms with Crippen molar-refractivity contribution in [1.82, 2.24) is 20.2 Å². The van der Waals surface area contributed by atoms with E-state index in [-0.39, 0.29) is 5.69 Å². The van der Waals surface area contributed by atoms with E-state index in [1.54, 1.807) is 36.7 Å². The predicted octanol–water partition coefficient (Wildman–Crippen LogP) is 5.20. The average Bonchev–Trinajstić information content (AvgIpc) is 3.24. The number of amides is 2. The molecule has 2 aromatic heterocycles. The van der Waals surface area contributed by atoms with Gasteiger partial charge in [-0.2, -0.15) is 18.3 Å². The Hall–Kier alpha value is -4.21. The van der Waals surface area contributed by atoms with Gasteiger partial charge in [-0.1, -0.05) is 12.1 Å². The summed E-state index contributed by atoms with van der Waals surface area (Å²) in [5.41, 5.74) is 2.88. The van der Waals surface area contributed by atoms with Gasteiger partial charge in [-0.15, -0.1) is 0 Å². The number of nitrogens with one attached hydrogen (secondary N) is 3. The number of halogens is 3. The lowest BCUT2D eigenvalue weighted by atomic mass is 10.1. The molecule has 31 heavy (non-hydrogen) atoms. The first kappa shape index (κ1) is 20.1. The smallest absolute Gasteiger partial charge is 0.308 e. The number of hydrogen-bond donors (Lipinski definition) is 3. The van der Waals surface area contributed by atoms with Crippen molar-refractivity contribution in [3.05, 3.63) is 78.9 Å². The Morgan fingerprint density at radius 3 is 2.45 bits per heavy atom. The third-order valence-electron chi connectivity index (χ3n) is 4.38. The molecule has 0 saturated heterocycles. The van der Waals surface area contributed by atoms with Crippen molar-refractivity contribution < 1.29 is 18.0 Å². The Morgan fingerprint density at radius 2 is 1.74 bits per heavy atom. The zero-order valence-corrected chi connectivity index (χ0v) is 15.8. The van der Waals surface area contributed by atoms with Gasteiger partial charge in [0, 0.05) is 28.7 Å². The number of carbonyl (C=O) groups is 1. The molecule has 0 aliphatic heterocycles. The number of alkyl halides is 3. The van der Waals surface area contributed by atoms with Gasteiger partial charge < -0.3 is 10.6 Å². The van der Waals surface area contributed by atoms with E-state index in [1.165, 1.54) is 18.5 Å². The van der Waals surface area contributed by atoms with E-state index in [2.05, 4.69) is 30.8 Å². The summed E-state index contributed by atoms with van der Waals surface area (Å²) in [6.45, 7) is 0. The molecule has 0 spiro atoms. The quantitative estimate of drug-likeness (QED) is 0.420. The second-order valence-electron chi connectivity index (χ2n) is 6.49. The summed E-state index contributed by atoms with van der Waals surface area (Å²) in [4.78, 5) is 20.4. The number of aromatic nitrogens is 4. The first-order chi connectivity index (χ1) is 14.9. The molecule has 4 rings (SSSR count). The lowest BCUT2D eigenvalue weighted by molar-refractivity contribution is -0.137. The van der Waals surface area contributed by atoms with E-state index >= 15 is 0 Å². The molecule has 0 atom stereocenters. The molecule has 156 valence electrons. The van der Waals surface area contributed by atoms with Crippen molar-refractivity contribution in [3.8, 4) is 22.5 Å². The van der Waals surface area contributed by atoms with E-state index in [0.717, 1.165) is 23.3 Å². The van der Waals surface area contributed by atoms with Gasteiger partial charge in [0.15, 0.2) is 0 Å². The molecule has 2 amide bonds. The number of aromatic amines is 1. The molecular weight excluding hydrogens is 409 g/mol. The molecule has 0 aliphatic rings. The Bertz CT molecular complexity index is 1190. The van der Waals surface area contributed by atoms with Crippen LogP contribution >= 0.6 is 0 Å². The summed E-state index contributed by atoms with van der Waals surface area (Å²) in [6, 6.07) is 12.4. The number of anilines is 2. The van der Waals surface area contributed by atoms with Crippen molar-refractivity contribution in [2.24, 2.45) is 0 Å². The van der Waals surface area contributed by atoms with Crippen LogP contribution in [0.3, 0.4) is 0 Å². The minimum Gasteiger partial charge on any atom is -0.308 e. The van der Waals surface area contributed by atoms with Gasteiger partial charge in [0.1, 0.15) is 6.33 Å². The maximum Gasteiger partial charge on any atom is 0.416 e. The first-order valence-electron chi connectivity index (χ1n) is 9.05. The first-order valence-corrected chi connectivity index (χ1v) is 9.05. The second-order valence-corrected chi connectivity index (χ2v) is 6.49. The number of hydrogen-bond acceptors (Lipinski definition) is 4. The minimum atomic E-state index is -4.43. The van der Waals surface area contributed by atoms with Crippen molar-refractivity contribution in [3.63, 3.8) is 0 Å². The van der Waals surface area contributed by atoms with Crippen LogP contribution in [0.15, 0.2) is 73.3 Å². The lowest BCUT2D eigenvalue weighted by Gasteiger charge is -2.11. The summed E-state index contributed by atoms with van der Waals surface area (Å²) in [5, 5.41) is 12.2. The SMILES string of the molecule is O=C(Nc1ccc(C(F)(F)F)cc1)Nc1cccc(-c2[nH]ncc2-c2ccncn2)c1. The molecular formula is C21H15F3N6O. The van der Waals surface area contributed by atoms with Crippen molar-refractivity contribution in [1.29, 1.82) is 0 Å². The highest BCUT2D eigenvalue weighted by Crippen LogP contribution is 2.31. The topological polar surface area (TPSA) is 95.6 Å². The van der Waals surface area contributed by atoms with E-state index in [9.17, 15) is 18.0 Å². The molecule has 0 radical (unpaired) electrons. The van der Waals surface area contributed by atoms with Crippen LogP contribution in [0.5, 0.6) is 0 Å². The fourth-order valence-corrected chi connectivity index (χ4v) is 2.94. The molecule has 2 aromatic carbocycles. The largest absolute Gasteiger partial charge is 0.416 e. The molecule has 7 nitrogen and oxygen atoms in total. The van der Waals surface area contributed by atoms with Crippen LogP contribution in [-0.4, -0.2) is 26.2 Å². The van der Waals surface area contributed by atoms with E-state index in [1.807, 2.05) is 6.07 Å². The van der Waals surface area contributed by atoms with Gasteiger partial charge in [0.2, 0.25) is 0 Å². The second kappa shape index (κ2) is 8.27. The molecule has 0 bridgehead atoms. The lowest BCUT2D eigenvalue weighted by Crippen LogP contribution is -2.19. The summed E-state index contributed by atoms with van der Waals surface area (Å²) in [6.07, 6.45) is 0.284. The maximum absolute atomic E-state index is 12.6. The standard InChI is InChI=1S/C21H15F3N6O/c22-21(23,24)14-4-6-15(7-5-14)28-20(31)29-16-3-1-2-13(10-16)19-17(11-27-30-19)18-8-9-25-12-26-18/h1-12H,(H,27,30)(H2,28,29,31). The fraction of sp³-hybridized carbons (Fsp3) is 0.0476. The Labute approximate surface area is 174 Å². The summed E-state index contributed by atoms with van der Waals surface area (Å²) in [5.74, 6) is 0. The number of benzene rings is 2. The van der Waals surface area contributed by atoms with E-state index < -0.39 is 17.8 Å². The van der Waals surface area contributed by atoms with Crippen LogP contribution in [0, 0.1) is 0 Å². The Morgan fingerprint density at radius 1 is 0.968 bits per heavy atom. The molecule has 10 heteroatoms. The van der Waals surface area contributed by atoms with Gasteiger partial charge in [0.25, 0.3) is 0 Å². The molecule has 0 unspecified atom stereocenters. The van der Waals surface area contributed by atoms with Crippen molar-refractivity contribution in [2.75, 3.05) is 10.6 Å². The van der Waals surface area contributed by atoms with Crippen LogP contribution in [0.25, 0.3) is 22.5 Å². The summed E-state index contributed by atoms with van der Waals surface area (Å²) in [7, 11) is 0. The van der Waals surface area contributed by atoms with Crippen molar-refractivity contribution >= 4 is 17.4 Å². The Kier molecular flexibility index (Phi) is 5.35. The third kappa shape index (κ3) is 4.69. The highest BCUT2D eigenvalue weighted by molar-refractivity contribution is 6.00. The highest BCUT2D eigenvalue weighted by atomic mass is 19.4. The molecule has 0 fully saturated rings. The van der Waals surface area contributed by atoms with Gasteiger partial charge in [-0.25, -0.2) is 14.8 Å². The molecule has 0 saturated carbocycles. The monoisotopic (exact) mass is 424 g/mol. The number of nitrogens with zero attached hydrogens (tertiary/aromatic N) is 3. The van der Waals surface area contributed by atoms with Gasteiger partial charge in [-0.3, -0.25) is 5.10 Å². The van der Waals surface area contributed by atoms with Crippen LogP contribution in [0.2, 0.25) is 0 Å². The Balaban J connectivity index is 1.48. The predicted molar refractivity (Wildman–Crippen MR) is 109 cm³/mol.